The number of aromatic nitrogens is 1. The van der Waals surface area contributed by atoms with Crippen molar-refractivity contribution in [3.63, 3.8) is 0 Å². The molecule has 2 heterocycles. The molecule has 0 aliphatic carbocycles. The molecule has 0 atom stereocenters. The molecule has 0 radical (unpaired) electrons. The predicted octanol–water partition coefficient (Wildman–Crippen LogP) is 1.76. The van der Waals surface area contributed by atoms with Gasteiger partial charge in [0.2, 0.25) is 0 Å². The average molecular weight is 262 g/mol. The molecule has 0 spiro atoms. The van der Waals surface area contributed by atoms with E-state index in [2.05, 4.69) is 21.3 Å². The maximum Gasteiger partial charge on any atom is 0.317 e. The second-order valence-electron chi connectivity index (χ2n) is 5.38. The van der Waals surface area contributed by atoms with Crippen molar-refractivity contribution in [2.24, 2.45) is 0 Å². The molecule has 0 unspecified atom stereocenters. The Morgan fingerprint density at radius 2 is 2.11 bits per heavy atom. The maximum absolute atomic E-state index is 12.1. The molecule has 0 saturated carbocycles. The van der Waals surface area contributed by atoms with Crippen LogP contribution in [0.25, 0.3) is 0 Å². The van der Waals surface area contributed by atoms with Crippen LogP contribution in [0.2, 0.25) is 0 Å². The fourth-order valence-corrected chi connectivity index (χ4v) is 2.20. The minimum atomic E-state index is -0.00294. The van der Waals surface area contributed by atoms with Crippen molar-refractivity contribution in [1.82, 2.24) is 15.2 Å². The van der Waals surface area contributed by atoms with Gasteiger partial charge in [0.05, 0.1) is 6.54 Å². The Hall–Kier alpha value is -1.78. The van der Waals surface area contributed by atoms with E-state index in [1.807, 2.05) is 38.8 Å². The van der Waals surface area contributed by atoms with Crippen LogP contribution in [-0.4, -0.2) is 42.1 Å². The zero-order valence-corrected chi connectivity index (χ0v) is 12.1. The molecule has 5 nitrogen and oxygen atoms in total. The van der Waals surface area contributed by atoms with E-state index in [-0.39, 0.29) is 12.1 Å². The van der Waals surface area contributed by atoms with Crippen molar-refractivity contribution in [3.8, 4) is 0 Å². The molecule has 1 aliphatic heterocycles. The summed E-state index contributed by atoms with van der Waals surface area (Å²) in [6, 6.07) is 4.21. The zero-order chi connectivity index (χ0) is 14.0. The first kappa shape index (κ1) is 13.6. The first-order valence-electron chi connectivity index (χ1n) is 6.70. The highest BCUT2D eigenvalue weighted by atomic mass is 16.2. The van der Waals surface area contributed by atoms with Crippen LogP contribution >= 0.6 is 0 Å². The molecular formula is C14H22N4O. The Morgan fingerprint density at radius 3 is 2.79 bits per heavy atom. The minimum absolute atomic E-state index is 0.00294. The molecule has 5 heteroatoms. The summed E-state index contributed by atoms with van der Waals surface area (Å²) in [6.07, 6.45) is 0. The number of hydrogen-bond acceptors (Lipinski definition) is 3. The lowest BCUT2D eigenvalue weighted by atomic mass is 10.2. The molecule has 1 aromatic heterocycles. The van der Waals surface area contributed by atoms with E-state index in [1.54, 1.807) is 0 Å². The Morgan fingerprint density at radius 1 is 1.37 bits per heavy atom. The van der Waals surface area contributed by atoms with E-state index in [0.717, 1.165) is 23.6 Å². The van der Waals surface area contributed by atoms with E-state index in [1.165, 1.54) is 0 Å². The molecule has 19 heavy (non-hydrogen) atoms. The van der Waals surface area contributed by atoms with Crippen molar-refractivity contribution in [1.29, 1.82) is 0 Å². The lowest BCUT2D eigenvalue weighted by Gasteiger charge is -2.22. The molecule has 1 aliphatic rings. The first-order valence-corrected chi connectivity index (χ1v) is 6.70. The molecule has 2 amide bonds. The van der Waals surface area contributed by atoms with Crippen molar-refractivity contribution in [2.75, 3.05) is 25.0 Å². The number of carbonyl (C=O) groups is 1. The van der Waals surface area contributed by atoms with E-state index in [0.29, 0.717) is 13.1 Å². The van der Waals surface area contributed by atoms with Crippen LogP contribution in [0.3, 0.4) is 0 Å². The van der Waals surface area contributed by atoms with Gasteiger partial charge in [-0.1, -0.05) is 6.07 Å². The molecule has 1 N–H and O–H groups in total. The van der Waals surface area contributed by atoms with Gasteiger partial charge in [-0.2, -0.15) is 0 Å². The van der Waals surface area contributed by atoms with Crippen LogP contribution in [0.5, 0.6) is 0 Å². The Balaban J connectivity index is 2.21. The van der Waals surface area contributed by atoms with Gasteiger partial charge in [-0.05, 0) is 26.8 Å². The lowest BCUT2D eigenvalue weighted by Crippen LogP contribution is -2.44. The predicted molar refractivity (Wildman–Crippen MR) is 76.3 cm³/mol. The Kier molecular flexibility index (Phi) is 3.93. The summed E-state index contributed by atoms with van der Waals surface area (Å²) in [6.45, 7) is 8.06. The smallest absolute Gasteiger partial charge is 0.317 e. The van der Waals surface area contributed by atoms with Crippen molar-refractivity contribution in [2.45, 2.75) is 33.4 Å². The summed E-state index contributed by atoms with van der Waals surface area (Å²) in [5.74, 6) is 0.986. The van der Waals surface area contributed by atoms with Gasteiger partial charge < -0.3 is 15.1 Å². The van der Waals surface area contributed by atoms with Gasteiger partial charge >= 0.3 is 6.03 Å². The summed E-state index contributed by atoms with van der Waals surface area (Å²) in [7, 11) is 2.02. The summed E-state index contributed by atoms with van der Waals surface area (Å²) >= 11 is 0. The number of likely N-dealkylation sites (N-methyl/N-ethyl adjacent to an activating group) is 1. The average Bonchev–Trinajstić information content (AvgIpc) is 2.49. The fraction of sp³-hybridized carbons (Fsp3) is 0.571. The molecule has 0 aromatic carbocycles. The summed E-state index contributed by atoms with van der Waals surface area (Å²) in [5, 5.41) is 2.95. The van der Waals surface area contributed by atoms with Crippen LogP contribution in [0, 0.1) is 6.92 Å². The second-order valence-corrected chi connectivity index (χ2v) is 5.38. The molecule has 104 valence electrons. The van der Waals surface area contributed by atoms with Crippen LogP contribution in [0.1, 0.15) is 25.1 Å². The fourth-order valence-electron chi connectivity index (χ4n) is 2.20. The number of aryl methyl sites for hydroxylation is 1. The molecule has 0 saturated heterocycles. The van der Waals surface area contributed by atoms with E-state index in [4.69, 9.17) is 0 Å². The monoisotopic (exact) mass is 262 g/mol. The third-order valence-corrected chi connectivity index (χ3v) is 3.22. The highest BCUT2D eigenvalue weighted by molar-refractivity contribution is 5.75. The zero-order valence-electron chi connectivity index (χ0n) is 12.1. The number of urea groups is 1. The summed E-state index contributed by atoms with van der Waals surface area (Å²) in [5.41, 5.74) is 2.11. The molecule has 1 aromatic rings. The number of nitrogens with zero attached hydrogens (tertiary/aromatic N) is 3. The molecule has 0 fully saturated rings. The van der Waals surface area contributed by atoms with Gasteiger partial charge in [-0.15, -0.1) is 0 Å². The number of rotatable bonds is 1. The SMILES string of the molecule is Cc1ccc2c(n1)N(C)CCN(C(=O)NC(C)C)C2. The topological polar surface area (TPSA) is 48.5 Å². The number of fused-ring (bicyclic) bond motifs is 1. The van der Waals surface area contributed by atoms with Gasteiger partial charge in [0, 0.05) is 37.4 Å². The second kappa shape index (κ2) is 5.47. The van der Waals surface area contributed by atoms with Crippen molar-refractivity contribution < 1.29 is 4.79 Å². The van der Waals surface area contributed by atoms with Crippen LogP contribution in [-0.2, 0) is 6.54 Å². The number of anilines is 1. The molecule has 2 rings (SSSR count). The molecular weight excluding hydrogens is 240 g/mol. The van der Waals surface area contributed by atoms with Crippen molar-refractivity contribution >= 4 is 11.8 Å². The Bertz CT molecular complexity index is 473. The number of nitrogens with one attached hydrogen (secondary N) is 1. The molecule has 0 bridgehead atoms. The third kappa shape index (κ3) is 3.16. The van der Waals surface area contributed by atoms with E-state index in [9.17, 15) is 4.79 Å². The highest BCUT2D eigenvalue weighted by Gasteiger charge is 2.22. The summed E-state index contributed by atoms with van der Waals surface area (Å²) < 4.78 is 0. The van der Waals surface area contributed by atoms with E-state index < -0.39 is 0 Å². The lowest BCUT2D eigenvalue weighted by molar-refractivity contribution is 0.195. The van der Waals surface area contributed by atoms with Gasteiger partial charge in [-0.25, -0.2) is 9.78 Å². The van der Waals surface area contributed by atoms with Crippen LogP contribution < -0.4 is 10.2 Å². The standard InChI is InChI=1S/C14H22N4O/c1-10(2)15-14(19)18-8-7-17(4)13-12(9-18)6-5-11(3)16-13/h5-6,10H,7-9H2,1-4H3,(H,15,19). The number of hydrogen-bond donors (Lipinski definition) is 1. The van der Waals surface area contributed by atoms with Gasteiger partial charge in [-0.3, -0.25) is 0 Å². The first-order chi connectivity index (χ1) is 8.97. The Labute approximate surface area is 114 Å². The minimum Gasteiger partial charge on any atom is -0.358 e. The highest BCUT2D eigenvalue weighted by Crippen LogP contribution is 2.22. The number of carbonyl (C=O) groups excluding carboxylic acids is 1. The quantitative estimate of drug-likeness (QED) is 0.839. The normalized spacial score (nSPS) is 15.2. The van der Waals surface area contributed by atoms with Crippen molar-refractivity contribution in [3.05, 3.63) is 23.4 Å². The van der Waals surface area contributed by atoms with Gasteiger partial charge in [0.25, 0.3) is 0 Å². The van der Waals surface area contributed by atoms with Gasteiger partial charge in [0.15, 0.2) is 0 Å². The summed E-state index contributed by atoms with van der Waals surface area (Å²) in [4.78, 5) is 20.7. The largest absolute Gasteiger partial charge is 0.358 e. The number of amides is 2. The number of pyridine rings is 1. The van der Waals surface area contributed by atoms with E-state index >= 15 is 0 Å². The maximum atomic E-state index is 12.1. The van der Waals surface area contributed by atoms with Gasteiger partial charge in [0.1, 0.15) is 5.82 Å². The third-order valence-electron chi connectivity index (χ3n) is 3.22. The van der Waals surface area contributed by atoms with Crippen LogP contribution in [0.4, 0.5) is 10.6 Å². The van der Waals surface area contributed by atoms with Crippen LogP contribution in [0.15, 0.2) is 12.1 Å².